The summed E-state index contributed by atoms with van der Waals surface area (Å²) < 4.78 is 5.21. The third-order valence-corrected chi connectivity index (χ3v) is 4.76. The number of carboxylic acid groups (broad SMARTS) is 1. The molecule has 4 rings (SSSR count). The highest BCUT2D eigenvalue weighted by Gasteiger charge is 2.34. The molecular weight excluding hydrogens is 368 g/mol. The molecule has 0 aliphatic carbocycles. The molecule has 29 heavy (non-hydrogen) atoms. The van der Waals surface area contributed by atoms with E-state index in [-0.39, 0.29) is 5.91 Å². The summed E-state index contributed by atoms with van der Waals surface area (Å²) >= 11 is 0. The summed E-state index contributed by atoms with van der Waals surface area (Å²) in [6.07, 6.45) is -0.410. The van der Waals surface area contributed by atoms with E-state index >= 15 is 0 Å². The quantitative estimate of drug-likeness (QED) is 0.684. The maximum absolute atomic E-state index is 13.4. The summed E-state index contributed by atoms with van der Waals surface area (Å²) in [6, 6.07) is 22.3. The number of carbonyl (C=O) groups is 2. The first-order chi connectivity index (χ1) is 14.0. The molecule has 1 atom stereocenters. The molecule has 0 spiro atoms. The van der Waals surface area contributed by atoms with E-state index in [0.29, 0.717) is 11.3 Å². The molecule has 1 amide bonds. The highest BCUT2D eigenvalue weighted by Crippen LogP contribution is 2.37. The zero-order chi connectivity index (χ0) is 20.4. The number of hydrogen-bond donors (Lipinski definition) is 2. The minimum Gasteiger partial charge on any atom is -0.482 e. The minimum absolute atomic E-state index is 0.0823. The van der Waals surface area contributed by atoms with Gasteiger partial charge in [0, 0.05) is 11.4 Å². The molecule has 6 heteroatoms. The van der Waals surface area contributed by atoms with Crippen molar-refractivity contribution in [3.8, 4) is 5.75 Å². The predicted octanol–water partition coefficient (Wildman–Crippen LogP) is 4.23. The lowest BCUT2D eigenvalue weighted by atomic mass is 10.0. The van der Waals surface area contributed by atoms with Gasteiger partial charge in [0.1, 0.15) is 11.9 Å². The summed E-state index contributed by atoms with van der Waals surface area (Å²) in [5.74, 6) is -0.655. The fourth-order valence-electron chi connectivity index (χ4n) is 3.42. The van der Waals surface area contributed by atoms with E-state index in [1.807, 2.05) is 67.6 Å². The molecule has 2 N–H and O–H groups in total. The molecule has 3 aromatic carbocycles. The number of aliphatic carboxylic acids is 1. The number of nitrogens with zero attached hydrogens (tertiary/aromatic N) is 1. The minimum atomic E-state index is -1.03. The van der Waals surface area contributed by atoms with Crippen LogP contribution < -0.4 is 15.0 Å². The fraction of sp³-hybridized carbons (Fsp3) is 0.130. The first kappa shape index (κ1) is 18.6. The smallest absolute Gasteiger partial charge is 0.341 e. The summed E-state index contributed by atoms with van der Waals surface area (Å²) in [7, 11) is 0. The number of carboxylic acids is 1. The van der Waals surface area contributed by atoms with Gasteiger partial charge >= 0.3 is 5.97 Å². The SMILES string of the molecule is Cc1cccc(N2C(=O)c3ccccc3N[C@@H]2c2ccc(OCC(=O)O)cc2)c1. The first-order valence-electron chi connectivity index (χ1n) is 9.23. The zero-order valence-corrected chi connectivity index (χ0v) is 15.8. The molecule has 146 valence electrons. The largest absolute Gasteiger partial charge is 0.482 e. The second-order valence-corrected chi connectivity index (χ2v) is 6.86. The molecule has 0 bridgehead atoms. The zero-order valence-electron chi connectivity index (χ0n) is 15.8. The van der Waals surface area contributed by atoms with Crippen LogP contribution in [0.4, 0.5) is 11.4 Å². The van der Waals surface area contributed by atoms with Gasteiger partial charge in [0.25, 0.3) is 5.91 Å². The van der Waals surface area contributed by atoms with Crippen LogP contribution in [-0.2, 0) is 4.79 Å². The number of anilines is 2. The number of para-hydroxylation sites is 1. The monoisotopic (exact) mass is 388 g/mol. The van der Waals surface area contributed by atoms with E-state index in [9.17, 15) is 9.59 Å². The summed E-state index contributed by atoms with van der Waals surface area (Å²) in [6.45, 7) is 1.59. The topological polar surface area (TPSA) is 78.9 Å². The van der Waals surface area contributed by atoms with E-state index in [4.69, 9.17) is 9.84 Å². The molecule has 1 aliphatic heterocycles. The van der Waals surface area contributed by atoms with Crippen molar-refractivity contribution in [2.75, 3.05) is 16.8 Å². The lowest BCUT2D eigenvalue weighted by molar-refractivity contribution is -0.139. The van der Waals surface area contributed by atoms with Gasteiger partial charge in [0.15, 0.2) is 6.61 Å². The Hall–Kier alpha value is -3.80. The van der Waals surface area contributed by atoms with Gasteiger partial charge in [-0.15, -0.1) is 0 Å². The van der Waals surface area contributed by atoms with E-state index in [0.717, 1.165) is 22.5 Å². The van der Waals surface area contributed by atoms with Crippen LogP contribution in [0.2, 0.25) is 0 Å². The van der Waals surface area contributed by atoms with Gasteiger partial charge in [0.05, 0.1) is 5.56 Å². The third-order valence-electron chi connectivity index (χ3n) is 4.76. The highest BCUT2D eigenvalue weighted by molar-refractivity contribution is 6.12. The summed E-state index contributed by atoms with van der Waals surface area (Å²) in [4.78, 5) is 25.8. The van der Waals surface area contributed by atoms with Gasteiger partial charge in [-0.05, 0) is 54.4 Å². The Morgan fingerprint density at radius 1 is 1.07 bits per heavy atom. The Bertz CT molecular complexity index is 1060. The Labute approximate surface area is 168 Å². The number of fused-ring (bicyclic) bond motifs is 1. The molecule has 6 nitrogen and oxygen atoms in total. The van der Waals surface area contributed by atoms with E-state index in [1.165, 1.54) is 0 Å². The Kier molecular flexibility index (Phi) is 4.91. The summed E-state index contributed by atoms with van der Waals surface area (Å²) in [5.41, 5.74) is 4.11. The van der Waals surface area contributed by atoms with Crippen molar-refractivity contribution in [2.24, 2.45) is 0 Å². The Morgan fingerprint density at radius 2 is 1.83 bits per heavy atom. The van der Waals surface area contributed by atoms with E-state index in [1.54, 1.807) is 17.0 Å². The number of hydrogen-bond acceptors (Lipinski definition) is 4. The standard InChI is InChI=1S/C23H20N2O4/c1-15-5-4-6-17(13-15)25-22(24-20-8-3-2-7-19(20)23(25)28)16-9-11-18(12-10-16)29-14-21(26)27/h2-13,22,24H,14H2,1H3,(H,26,27)/t22-/m0/s1. The van der Waals surface area contributed by atoms with Gasteiger partial charge in [-0.3, -0.25) is 9.69 Å². The van der Waals surface area contributed by atoms with Crippen molar-refractivity contribution in [3.63, 3.8) is 0 Å². The number of nitrogens with one attached hydrogen (secondary N) is 1. The van der Waals surface area contributed by atoms with Crippen molar-refractivity contribution < 1.29 is 19.4 Å². The molecule has 0 saturated carbocycles. The van der Waals surface area contributed by atoms with Crippen molar-refractivity contribution >= 4 is 23.3 Å². The second-order valence-electron chi connectivity index (χ2n) is 6.86. The van der Waals surface area contributed by atoms with Gasteiger partial charge in [0.2, 0.25) is 0 Å². The van der Waals surface area contributed by atoms with Gasteiger partial charge in [-0.2, -0.15) is 0 Å². The van der Waals surface area contributed by atoms with Crippen LogP contribution in [0.25, 0.3) is 0 Å². The number of aryl methyl sites for hydroxylation is 1. The van der Waals surface area contributed by atoms with Crippen molar-refractivity contribution in [3.05, 3.63) is 89.5 Å². The second kappa shape index (κ2) is 7.67. The summed E-state index contributed by atoms with van der Waals surface area (Å²) in [5, 5.41) is 12.2. The molecule has 0 aromatic heterocycles. The molecule has 0 fully saturated rings. The van der Waals surface area contributed by atoms with Crippen LogP contribution in [0, 0.1) is 6.92 Å². The molecule has 0 saturated heterocycles. The van der Waals surface area contributed by atoms with Crippen LogP contribution in [0.5, 0.6) is 5.75 Å². The van der Waals surface area contributed by atoms with Crippen LogP contribution in [0.1, 0.15) is 27.7 Å². The lowest BCUT2D eigenvalue weighted by Crippen LogP contribution is -2.43. The number of amides is 1. The maximum Gasteiger partial charge on any atom is 0.341 e. The van der Waals surface area contributed by atoms with E-state index in [2.05, 4.69) is 5.32 Å². The van der Waals surface area contributed by atoms with Crippen molar-refractivity contribution in [1.82, 2.24) is 0 Å². The maximum atomic E-state index is 13.4. The fourth-order valence-corrected chi connectivity index (χ4v) is 3.42. The number of ether oxygens (including phenoxy) is 1. The molecule has 0 unspecified atom stereocenters. The van der Waals surface area contributed by atoms with Crippen LogP contribution >= 0.6 is 0 Å². The predicted molar refractivity (Wildman–Crippen MR) is 110 cm³/mol. The number of rotatable bonds is 5. The molecular formula is C23H20N2O4. The number of benzene rings is 3. The number of carbonyl (C=O) groups excluding carboxylic acids is 1. The van der Waals surface area contributed by atoms with Crippen LogP contribution in [-0.4, -0.2) is 23.6 Å². The van der Waals surface area contributed by atoms with Crippen LogP contribution in [0.15, 0.2) is 72.8 Å². The van der Waals surface area contributed by atoms with Gasteiger partial charge in [-0.25, -0.2) is 4.79 Å². The molecule has 1 heterocycles. The molecule has 3 aromatic rings. The highest BCUT2D eigenvalue weighted by atomic mass is 16.5. The third kappa shape index (κ3) is 3.78. The van der Waals surface area contributed by atoms with Crippen molar-refractivity contribution in [1.29, 1.82) is 0 Å². The van der Waals surface area contributed by atoms with Crippen LogP contribution in [0.3, 0.4) is 0 Å². The van der Waals surface area contributed by atoms with Gasteiger partial charge in [-0.1, -0.05) is 36.4 Å². The van der Waals surface area contributed by atoms with E-state index < -0.39 is 18.7 Å². The average Bonchev–Trinajstić information content (AvgIpc) is 2.72. The molecule has 0 radical (unpaired) electrons. The Balaban J connectivity index is 1.73. The first-order valence-corrected chi connectivity index (χ1v) is 9.23. The Morgan fingerprint density at radius 3 is 2.55 bits per heavy atom. The van der Waals surface area contributed by atoms with Gasteiger partial charge < -0.3 is 15.2 Å². The van der Waals surface area contributed by atoms with Crippen molar-refractivity contribution in [2.45, 2.75) is 13.1 Å². The lowest BCUT2D eigenvalue weighted by Gasteiger charge is -2.38. The molecule has 1 aliphatic rings. The average molecular weight is 388 g/mol. The normalized spacial score (nSPS) is 15.4.